The van der Waals surface area contributed by atoms with Gasteiger partial charge in [-0.15, -0.1) is 0 Å². The van der Waals surface area contributed by atoms with Gasteiger partial charge in [0, 0.05) is 28.2 Å². The normalized spacial score (nSPS) is 10.7. The summed E-state index contributed by atoms with van der Waals surface area (Å²) in [5, 5.41) is 5.80. The Hall–Kier alpha value is -1.83. The SMILES string of the molecule is CCC(=O)Nc1ccc(Cl)c(NC(=O)/C=C/c2cc(Br)cc(Br)c2OC)c1. The average molecular weight is 517 g/mol. The average Bonchev–Trinajstić information content (AvgIpc) is 2.62. The standard InChI is InChI=1S/C19H17Br2ClN2O3/c1-3-17(25)23-13-5-6-15(22)16(10-13)24-18(26)7-4-11-8-12(20)9-14(21)19(11)27-2/h4-10H,3H2,1-2H3,(H,23,25)(H,24,26)/b7-4+. The first-order valence-electron chi connectivity index (χ1n) is 7.95. The summed E-state index contributed by atoms with van der Waals surface area (Å²) in [5.74, 6) is 0.125. The van der Waals surface area contributed by atoms with Gasteiger partial charge in [0.25, 0.3) is 0 Å². The predicted molar refractivity (Wildman–Crippen MR) is 116 cm³/mol. The van der Waals surface area contributed by atoms with E-state index in [2.05, 4.69) is 42.5 Å². The van der Waals surface area contributed by atoms with Crippen LogP contribution in [0.5, 0.6) is 5.75 Å². The number of hydrogen-bond acceptors (Lipinski definition) is 3. The number of ether oxygens (including phenoxy) is 1. The summed E-state index contributed by atoms with van der Waals surface area (Å²) in [5.41, 5.74) is 1.69. The summed E-state index contributed by atoms with van der Waals surface area (Å²) in [6.07, 6.45) is 3.38. The molecule has 27 heavy (non-hydrogen) atoms. The van der Waals surface area contributed by atoms with Crippen LogP contribution in [0.1, 0.15) is 18.9 Å². The molecule has 0 aliphatic carbocycles. The third-order valence-electron chi connectivity index (χ3n) is 3.48. The van der Waals surface area contributed by atoms with E-state index in [0.717, 1.165) is 14.5 Å². The number of carbonyl (C=O) groups is 2. The Morgan fingerprint density at radius 1 is 1.19 bits per heavy atom. The molecule has 8 heteroatoms. The van der Waals surface area contributed by atoms with Crippen LogP contribution in [-0.4, -0.2) is 18.9 Å². The molecular weight excluding hydrogens is 499 g/mol. The zero-order chi connectivity index (χ0) is 20.0. The number of amides is 2. The van der Waals surface area contributed by atoms with Crippen molar-refractivity contribution in [2.24, 2.45) is 0 Å². The van der Waals surface area contributed by atoms with Crippen LogP contribution in [0.25, 0.3) is 6.08 Å². The maximum atomic E-state index is 12.3. The van der Waals surface area contributed by atoms with E-state index in [4.69, 9.17) is 16.3 Å². The fraction of sp³-hybridized carbons (Fsp3) is 0.158. The third kappa shape index (κ3) is 6.09. The van der Waals surface area contributed by atoms with E-state index in [9.17, 15) is 9.59 Å². The van der Waals surface area contributed by atoms with E-state index in [1.807, 2.05) is 12.1 Å². The molecule has 0 saturated heterocycles. The van der Waals surface area contributed by atoms with Gasteiger partial charge in [-0.05, 0) is 52.3 Å². The van der Waals surface area contributed by atoms with Crippen molar-refractivity contribution in [1.82, 2.24) is 0 Å². The number of carbonyl (C=O) groups excluding carboxylic acids is 2. The molecule has 0 aromatic heterocycles. The Bertz CT molecular complexity index is 901. The van der Waals surface area contributed by atoms with Gasteiger partial charge in [-0.1, -0.05) is 34.5 Å². The zero-order valence-corrected chi connectivity index (χ0v) is 18.5. The second-order valence-electron chi connectivity index (χ2n) is 5.43. The van der Waals surface area contributed by atoms with Gasteiger partial charge in [-0.3, -0.25) is 9.59 Å². The molecule has 2 rings (SSSR count). The highest BCUT2D eigenvalue weighted by molar-refractivity contribution is 9.11. The molecule has 0 saturated carbocycles. The highest BCUT2D eigenvalue weighted by Gasteiger charge is 2.09. The number of nitrogens with one attached hydrogen (secondary N) is 2. The second-order valence-corrected chi connectivity index (χ2v) is 7.61. The topological polar surface area (TPSA) is 67.4 Å². The van der Waals surface area contributed by atoms with Crippen LogP contribution in [0.4, 0.5) is 11.4 Å². The van der Waals surface area contributed by atoms with E-state index >= 15 is 0 Å². The highest BCUT2D eigenvalue weighted by Crippen LogP contribution is 2.33. The van der Waals surface area contributed by atoms with Crippen LogP contribution < -0.4 is 15.4 Å². The Morgan fingerprint density at radius 2 is 1.93 bits per heavy atom. The fourth-order valence-corrected chi connectivity index (χ4v) is 3.79. The number of halogens is 3. The molecule has 0 fully saturated rings. The van der Waals surface area contributed by atoms with Gasteiger partial charge in [0.15, 0.2) is 0 Å². The van der Waals surface area contributed by atoms with Gasteiger partial charge in [-0.2, -0.15) is 0 Å². The summed E-state index contributed by atoms with van der Waals surface area (Å²) in [6, 6.07) is 8.58. The maximum absolute atomic E-state index is 12.3. The lowest BCUT2D eigenvalue weighted by atomic mass is 10.2. The number of hydrogen-bond donors (Lipinski definition) is 2. The second kappa shape index (κ2) is 9.92. The molecule has 2 amide bonds. The minimum Gasteiger partial charge on any atom is -0.495 e. The smallest absolute Gasteiger partial charge is 0.248 e. The molecule has 2 N–H and O–H groups in total. The summed E-state index contributed by atoms with van der Waals surface area (Å²) in [7, 11) is 1.56. The summed E-state index contributed by atoms with van der Waals surface area (Å²) in [6.45, 7) is 1.76. The molecule has 5 nitrogen and oxygen atoms in total. The zero-order valence-electron chi connectivity index (χ0n) is 14.6. The molecule has 0 unspecified atom stereocenters. The molecule has 0 aliphatic heterocycles. The number of benzene rings is 2. The van der Waals surface area contributed by atoms with Crippen LogP contribution in [0.2, 0.25) is 5.02 Å². The van der Waals surface area contributed by atoms with Crippen molar-refractivity contribution in [3.63, 3.8) is 0 Å². The van der Waals surface area contributed by atoms with Crippen LogP contribution in [0, 0.1) is 0 Å². The first-order valence-corrected chi connectivity index (χ1v) is 9.92. The van der Waals surface area contributed by atoms with Crippen molar-refractivity contribution in [3.8, 4) is 5.75 Å². The van der Waals surface area contributed by atoms with Crippen LogP contribution in [0.3, 0.4) is 0 Å². The quantitative estimate of drug-likeness (QED) is 0.472. The molecule has 0 heterocycles. The Labute approximate surface area is 179 Å². The van der Waals surface area contributed by atoms with Gasteiger partial charge in [-0.25, -0.2) is 0 Å². The molecule has 0 bridgehead atoms. The third-order valence-corrected chi connectivity index (χ3v) is 4.86. The van der Waals surface area contributed by atoms with Gasteiger partial charge < -0.3 is 15.4 Å². The fourth-order valence-electron chi connectivity index (χ4n) is 2.21. The van der Waals surface area contributed by atoms with Crippen LogP contribution in [0.15, 0.2) is 45.4 Å². The van der Waals surface area contributed by atoms with Crippen molar-refractivity contribution in [2.75, 3.05) is 17.7 Å². The van der Waals surface area contributed by atoms with E-state index in [0.29, 0.717) is 28.6 Å². The lowest BCUT2D eigenvalue weighted by Crippen LogP contribution is -2.11. The maximum Gasteiger partial charge on any atom is 0.248 e. The van der Waals surface area contributed by atoms with Crippen molar-refractivity contribution in [2.45, 2.75) is 13.3 Å². The van der Waals surface area contributed by atoms with E-state index in [-0.39, 0.29) is 11.8 Å². The van der Waals surface area contributed by atoms with Crippen molar-refractivity contribution in [3.05, 3.63) is 55.9 Å². The molecule has 2 aromatic carbocycles. The molecule has 0 atom stereocenters. The van der Waals surface area contributed by atoms with Gasteiger partial charge in [0.2, 0.25) is 11.8 Å². The summed E-state index contributed by atoms with van der Waals surface area (Å²) in [4.78, 5) is 23.8. The number of methoxy groups -OCH3 is 1. The lowest BCUT2D eigenvalue weighted by Gasteiger charge is -2.10. The Balaban J connectivity index is 2.17. The molecule has 142 valence electrons. The summed E-state index contributed by atoms with van der Waals surface area (Å²) < 4.78 is 6.96. The van der Waals surface area contributed by atoms with Crippen molar-refractivity contribution in [1.29, 1.82) is 0 Å². The largest absolute Gasteiger partial charge is 0.495 e. The molecule has 0 spiro atoms. The Morgan fingerprint density at radius 3 is 2.59 bits per heavy atom. The first-order chi connectivity index (χ1) is 12.8. The minimum absolute atomic E-state index is 0.123. The van der Waals surface area contributed by atoms with Crippen molar-refractivity contribution >= 4 is 72.7 Å². The van der Waals surface area contributed by atoms with Gasteiger partial charge >= 0.3 is 0 Å². The molecule has 0 radical (unpaired) electrons. The summed E-state index contributed by atoms with van der Waals surface area (Å²) >= 11 is 13.0. The lowest BCUT2D eigenvalue weighted by molar-refractivity contribution is -0.116. The predicted octanol–water partition coefficient (Wildman–Crippen LogP) is 5.87. The van der Waals surface area contributed by atoms with Gasteiger partial charge in [0.05, 0.1) is 22.3 Å². The van der Waals surface area contributed by atoms with E-state index in [1.165, 1.54) is 6.08 Å². The van der Waals surface area contributed by atoms with E-state index < -0.39 is 0 Å². The van der Waals surface area contributed by atoms with Crippen LogP contribution >= 0.6 is 43.5 Å². The number of anilines is 2. The van der Waals surface area contributed by atoms with E-state index in [1.54, 1.807) is 38.3 Å². The number of rotatable bonds is 6. The van der Waals surface area contributed by atoms with Crippen molar-refractivity contribution < 1.29 is 14.3 Å². The van der Waals surface area contributed by atoms with Crippen LogP contribution in [-0.2, 0) is 9.59 Å². The Kier molecular flexibility index (Phi) is 7.89. The first kappa shape index (κ1) is 21.5. The highest BCUT2D eigenvalue weighted by atomic mass is 79.9. The molecular formula is C19H17Br2ClN2O3. The monoisotopic (exact) mass is 514 g/mol. The minimum atomic E-state index is -0.367. The van der Waals surface area contributed by atoms with Gasteiger partial charge in [0.1, 0.15) is 5.75 Å². The molecule has 2 aromatic rings. The molecule has 0 aliphatic rings.